The van der Waals surface area contributed by atoms with Crippen LogP contribution in [0.5, 0.6) is 0 Å². The molecule has 3 atom stereocenters. The van der Waals surface area contributed by atoms with Crippen molar-refractivity contribution >= 4 is 10.9 Å². The number of rotatable bonds is 4. The van der Waals surface area contributed by atoms with Gasteiger partial charge >= 0.3 is 0 Å². The van der Waals surface area contributed by atoms with Gasteiger partial charge < -0.3 is 0 Å². The van der Waals surface area contributed by atoms with Gasteiger partial charge in [-0.05, 0) is 42.7 Å². The molecule has 2 aliphatic rings. The minimum Gasteiger partial charge on any atom is -0.271 e. The van der Waals surface area contributed by atoms with Gasteiger partial charge in [-0.1, -0.05) is 30.7 Å². The smallest absolute Gasteiger partial charge is 0.0705 e. The van der Waals surface area contributed by atoms with Crippen LogP contribution < -0.4 is 11.3 Å². The van der Waals surface area contributed by atoms with Gasteiger partial charge in [-0.3, -0.25) is 16.3 Å². The van der Waals surface area contributed by atoms with E-state index in [4.69, 9.17) is 10.8 Å². The normalized spacial score (nSPS) is 29.4. The predicted molar refractivity (Wildman–Crippen MR) is 80.9 cm³/mol. The lowest BCUT2D eigenvalue weighted by atomic mass is 10.00. The zero-order valence-corrected chi connectivity index (χ0v) is 11.6. The number of para-hydroxylation sites is 1. The fourth-order valence-electron chi connectivity index (χ4n) is 4.23. The molecular formula is C17H21N3. The van der Waals surface area contributed by atoms with Gasteiger partial charge in [0.2, 0.25) is 0 Å². The monoisotopic (exact) mass is 267 g/mol. The van der Waals surface area contributed by atoms with Gasteiger partial charge in [0.15, 0.2) is 0 Å². The largest absolute Gasteiger partial charge is 0.271 e. The van der Waals surface area contributed by atoms with Crippen molar-refractivity contribution in [1.82, 2.24) is 10.4 Å². The van der Waals surface area contributed by atoms with Crippen LogP contribution in [0.25, 0.3) is 10.9 Å². The predicted octanol–water partition coefficient (Wildman–Crippen LogP) is 2.66. The van der Waals surface area contributed by atoms with Crippen LogP contribution in [0.2, 0.25) is 0 Å². The molecule has 3 heteroatoms. The standard InChI is InChI=1S/C17H21N3/c18-20-16(17-13-5-3-6-14(13)17)10-12-9-8-11-4-1-2-7-15(11)19-12/h1-2,4,7-9,13-14,16-17,20H,3,5-6,10,18H2. The van der Waals surface area contributed by atoms with E-state index in [0.717, 1.165) is 35.4 Å². The van der Waals surface area contributed by atoms with Gasteiger partial charge in [-0.25, -0.2) is 0 Å². The first kappa shape index (κ1) is 12.3. The number of pyridine rings is 1. The number of hydrogen-bond donors (Lipinski definition) is 2. The highest BCUT2D eigenvalue weighted by atomic mass is 15.2. The highest BCUT2D eigenvalue weighted by Crippen LogP contribution is 2.59. The van der Waals surface area contributed by atoms with Crippen LogP contribution >= 0.6 is 0 Å². The molecule has 3 nitrogen and oxygen atoms in total. The number of nitrogens with two attached hydrogens (primary N) is 1. The molecule has 0 bridgehead atoms. The van der Waals surface area contributed by atoms with E-state index in [-0.39, 0.29) is 0 Å². The average molecular weight is 267 g/mol. The van der Waals surface area contributed by atoms with Crippen molar-refractivity contribution in [2.24, 2.45) is 23.6 Å². The van der Waals surface area contributed by atoms with Gasteiger partial charge in [0.05, 0.1) is 5.52 Å². The van der Waals surface area contributed by atoms with Gasteiger partial charge in [0.25, 0.3) is 0 Å². The van der Waals surface area contributed by atoms with Crippen LogP contribution in [0.1, 0.15) is 25.0 Å². The average Bonchev–Trinajstić information content (AvgIpc) is 2.96. The second-order valence-corrected chi connectivity index (χ2v) is 6.31. The van der Waals surface area contributed by atoms with Crippen LogP contribution in [0.15, 0.2) is 36.4 Å². The lowest BCUT2D eigenvalue weighted by Gasteiger charge is -2.17. The molecule has 0 amide bonds. The Morgan fingerprint density at radius 3 is 2.75 bits per heavy atom. The Morgan fingerprint density at radius 1 is 1.15 bits per heavy atom. The van der Waals surface area contributed by atoms with Crippen molar-refractivity contribution in [2.45, 2.75) is 31.7 Å². The quantitative estimate of drug-likeness (QED) is 0.661. The molecule has 104 valence electrons. The van der Waals surface area contributed by atoms with E-state index in [2.05, 4.69) is 35.8 Å². The molecule has 20 heavy (non-hydrogen) atoms. The van der Waals surface area contributed by atoms with Gasteiger partial charge in [0.1, 0.15) is 0 Å². The lowest BCUT2D eigenvalue weighted by molar-refractivity contribution is 0.408. The number of hydrazine groups is 1. The first-order valence-electron chi connectivity index (χ1n) is 7.67. The number of aromatic nitrogens is 1. The second kappa shape index (κ2) is 4.83. The summed E-state index contributed by atoms with van der Waals surface area (Å²) in [4.78, 5) is 4.77. The van der Waals surface area contributed by atoms with Crippen molar-refractivity contribution < 1.29 is 0 Å². The maximum atomic E-state index is 5.80. The third-order valence-corrected chi connectivity index (χ3v) is 5.24. The molecule has 0 saturated heterocycles. The van der Waals surface area contributed by atoms with E-state index in [0.29, 0.717) is 6.04 Å². The molecule has 1 heterocycles. The number of benzene rings is 1. The first-order chi connectivity index (χ1) is 9.86. The molecule has 2 saturated carbocycles. The van der Waals surface area contributed by atoms with E-state index in [1.165, 1.54) is 24.6 Å². The van der Waals surface area contributed by atoms with Gasteiger partial charge in [0, 0.05) is 23.5 Å². The zero-order chi connectivity index (χ0) is 13.5. The zero-order valence-electron chi connectivity index (χ0n) is 11.6. The summed E-state index contributed by atoms with van der Waals surface area (Å²) in [6.07, 6.45) is 5.16. The molecular weight excluding hydrogens is 246 g/mol. The highest BCUT2D eigenvalue weighted by Gasteiger charge is 2.55. The summed E-state index contributed by atoms with van der Waals surface area (Å²) in [6.45, 7) is 0. The van der Waals surface area contributed by atoms with Crippen LogP contribution in [0.4, 0.5) is 0 Å². The molecule has 3 N–H and O–H groups in total. The van der Waals surface area contributed by atoms with Crippen LogP contribution in [0, 0.1) is 17.8 Å². The third-order valence-electron chi connectivity index (χ3n) is 5.24. The highest BCUT2D eigenvalue weighted by molar-refractivity contribution is 5.78. The summed E-state index contributed by atoms with van der Waals surface area (Å²) in [6, 6.07) is 13.0. The molecule has 4 rings (SSSR count). The van der Waals surface area contributed by atoms with E-state index in [1.807, 2.05) is 6.07 Å². The molecule has 2 aliphatic carbocycles. The Labute approximate surface area is 119 Å². The minimum atomic E-state index is 0.388. The number of nitrogens with one attached hydrogen (secondary N) is 1. The number of fused-ring (bicyclic) bond motifs is 2. The molecule has 2 aromatic rings. The van der Waals surface area contributed by atoms with Gasteiger partial charge in [-0.15, -0.1) is 0 Å². The number of nitrogens with zero attached hydrogens (tertiary/aromatic N) is 1. The summed E-state index contributed by atoms with van der Waals surface area (Å²) < 4.78 is 0. The summed E-state index contributed by atoms with van der Waals surface area (Å²) in [7, 11) is 0. The lowest BCUT2D eigenvalue weighted by Crippen LogP contribution is -2.39. The van der Waals surface area contributed by atoms with Crippen LogP contribution in [-0.4, -0.2) is 11.0 Å². The summed E-state index contributed by atoms with van der Waals surface area (Å²) in [5, 5.41) is 1.21. The Balaban J connectivity index is 1.54. The van der Waals surface area contributed by atoms with Crippen molar-refractivity contribution in [3.8, 4) is 0 Å². The summed E-state index contributed by atoms with van der Waals surface area (Å²) in [5.74, 6) is 8.43. The summed E-state index contributed by atoms with van der Waals surface area (Å²) >= 11 is 0. The fourth-order valence-corrected chi connectivity index (χ4v) is 4.23. The van der Waals surface area contributed by atoms with Crippen LogP contribution in [-0.2, 0) is 6.42 Å². The Morgan fingerprint density at radius 2 is 1.95 bits per heavy atom. The molecule has 1 aromatic carbocycles. The molecule has 0 aliphatic heterocycles. The second-order valence-electron chi connectivity index (χ2n) is 6.31. The Bertz CT molecular complexity index is 614. The Kier molecular flexibility index (Phi) is 2.97. The van der Waals surface area contributed by atoms with E-state index in [1.54, 1.807) is 0 Å². The van der Waals surface area contributed by atoms with Gasteiger partial charge in [-0.2, -0.15) is 0 Å². The molecule has 0 spiro atoms. The number of hydrogen-bond acceptors (Lipinski definition) is 3. The van der Waals surface area contributed by atoms with E-state index < -0.39 is 0 Å². The minimum absolute atomic E-state index is 0.388. The van der Waals surface area contributed by atoms with Crippen molar-refractivity contribution in [2.75, 3.05) is 0 Å². The molecule has 2 fully saturated rings. The third kappa shape index (κ3) is 2.02. The van der Waals surface area contributed by atoms with Crippen molar-refractivity contribution in [1.29, 1.82) is 0 Å². The maximum Gasteiger partial charge on any atom is 0.0705 e. The van der Waals surface area contributed by atoms with Crippen molar-refractivity contribution in [3.05, 3.63) is 42.1 Å². The van der Waals surface area contributed by atoms with Crippen LogP contribution in [0.3, 0.4) is 0 Å². The topological polar surface area (TPSA) is 50.9 Å². The molecule has 1 aromatic heterocycles. The molecule has 0 radical (unpaired) electrons. The Hall–Kier alpha value is -1.45. The fraction of sp³-hybridized carbons (Fsp3) is 0.471. The van der Waals surface area contributed by atoms with E-state index >= 15 is 0 Å². The summed E-state index contributed by atoms with van der Waals surface area (Å²) in [5.41, 5.74) is 5.28. The SMILES string of the molecule is NNC(Cc1ccc2ccccc2n1)C1C2CCCC21. The van der Waals surface area contributed by atoms with E-state index in [9.17, 15) is 0 Å². The van der Waals surface area contributed by atoms with Crippen molar-refractivity contribution in [3.63, 3.8) is 0 Å². The molecule has 3 unspecified atom stereocenters. The maximum absolute atomic E-state index is 5.80. The first-order valence-corrected chi connectivity index (χ1v) is 7.67.